The lowest BCUT2D eigenvalue weighted by atomic mass is 10.1. The van der Waals surface area contributed by atoms with E-state index in [2.05, 4.69) is 17.0 Å². The van der Waals surface area contributed by atoms with Gasteiger partial charge in [-0.15, -0.1) is 0 Å². The van der Waals surface area contributed by atoms with Crippen LogP contribution in [-0.4, -0.2) is 63.2 Å². The average Bonchev–Trinajstić information content (AvgIpc) is 2.89. The van der Waals surface area contributed by atoms with Gasteiger partial charge < -0.3 is 9.64 Å². The van der Waals surface area contributed by atoms with Gasteiger partial charge in [-0.1, -0.05) is 30.3 Å². The van der Waals surface area contributed by atoms with E-state index in [0.29, 0.717) is 42.3 Å². The summed E-state index contributed by atoms with van der Waals surface area (Å²) in [5.74, 6) is -0.0532. The van der Waals surface area contributed by atoms with E-state index in [-0.39, 0.29) is 12.5 Å². The standard InChI is InChI=1S/C28H32FN3O4S/c1-3-36-27-14-9-23(19-24(27)21-32(37(2,34)35)26-12-10-25(29)11-13-26)28(33)31-17-15-30(16-18-31)20-22-7-5-4-6-8-22/h4-14,19H,3,15-18,20-21H2,1-2H3. The molecule has 4 rings (SSSR count). The molecule has 0 spiro atoms. The quantitative estimate of drug-likeness (QED) is 0.420. The van der Waals surface area contributed by atoms with Gasteiger partial charge in [0.05, 0.1) is 25.1 Å². The number of rotatable bonds is 9. The molecule has 1 amide bonds. The lowest BCUT2D eigenvalue weighted by molar-refractivity contribution is 0.0628. The number of ether oxygens (including phenoxy) is 1. The van der Waals surface area contributed by atoms with E-state index in [1.54, 1.807) is 18.2 Å². The number of carbonyl (C=O) groups is 1. The van der Waals surface area contributed by atoms with Gasteiger partial charge in [-0.25, -0.2) is 12.8 Å². The molecule has 0 bridgehead atoms. The summed E-state index contributed by atoms with van der Waals surface area (Å²) < 4.78 is 45.6. The molecule has 3 aromatic rings. The maximum atomic E-state index is 13.5. The van der Waals surface area contributed by atoms with E-state index in [1.807, 2.05) is 30.0 Å². The topological polar surface area (TPSA) is 70.2 Å². The van der Waals surface area contributed by atoms with Crippen molar-refractivity contribution >= 4 is 21.6 Å². The fourth-order valence-corrected chi connectivity index (χ4v) is 5.31. The molecular formula is C28H32FN3O4S. The van der Waals surface area contributed by atoms with Crippen LogP contribution in [-0.2, 0) is 23.1 Å². The van der Waals surface area contributed by atoms with Gasteiger partial charge in [0, 0.05) is 43.9 Å². The number of piperazine rings is 1. The third kappa shape index (κ3) is 6.87. The number of hydrogen-bond acceptors (Lipinski definition) is 5. The van der Waals surface area contributed by atoms with Gasteiger partial charge in [-0.2, -0.15) is 0 Å². The number of carbonyl (C=O) groups excluding carboxylic acids is 1. The molecule has 1 aliphatic rings. The van der Waals surface area contributed by atoms with Gasteiger partial charge in [0.25, 0.3) is 5.91 Å². The lowest BCUT2D eigenvalue weighted by Crippen LogP contribution is -2.48. The largest absolute Gasteiger partial charge is 0.494 e. The maximum absolute atomic E-state index is 13.5. The number of halogens is 1. The summed E-state index contributed by atoms with van der Waals surface area (Å²) in [6.45, 7) is 5.80. The Bertz CT molecular complexity index is 1310. The first kappa shape index (κ1) is 26.6. The first-order chi connectivity index (χ1) is 17.7. The molecule has 1 heterocycles. The second-order valence-electron chi connectivity index (χ2n) is 9.06. The Morgan fingerprint density at radius 3 is 2.27 bits per heavy atom. The molecule has 0 unspecified atom stereocenters. The summed E-state index contributed by atoms with van der Waals surface area (Å²) in [5.41, 5.74) is 2.61. The number of amides is 1. The van der Waals surface area contributed by atoms with Crippen LogP contribution in [0.25, 0.3) is 0 Å². The molecule has 3 aromatic carbocycles. The first-order valence-electron chi connectivity index (χ1n) is 12.3. The highest BCUT2D eigenvalue weighted by molar-refractivity contribution is 7.92. The molecule has 9 heteroatoms. The molecule has 196 valence electrons. The summed E-state index contributed by atoms with van der Waals surface area (Å²) >= 11 is 0. The van der Waals surface area contributed by atoms with Crippen LogP contribution in [0.1, 0.15) is 28.4 Å². The number of anilines is 1. The van der Waals surface area contributed by atoms with Crippen LogP contribution in [0.3, 0.4) is 0 Å². The van der Waals surface area contributed by atoms with Crippen molar-refractivity contribution in [2.24, 2.45) is 0 Å². The molecule has 0 aliphatic carbocycles. The predicted molar refractivity (Wildman–Crippen MR) is 143 cm³/mol. The molecular weight excluding hydrogens is 493 g/mol. The monoisotopic (exact) mass is 525 g/mol. The Labute approximate surface area is 218 Å². The van der Waals surface area contributed by atoms with Crippen molar-refractivity contribution in [3.05, 3.63) is 95.3 Å². The van der Waals surface area contributed by atoms with E-state index in [0.717, 1.165) is 25.9 Å². The Morgan fingerprint density at radius 1 is 0.973 bits per heavy atom. The first-order valence-corrected chi connectivity index (χ1v) is 14.1. The Balaban J connectivity index is 1.51. The molecule has 0 aromatic heterocycles. The van der Waals surface area contributed by atoms with Crippen LogP contribution >= 0.6 is 0 Å². The summed E-state index contributed by atoms with van der Waals surface area (Å²) in [7, 11) is -3.69. The van der Waals surface area contributed by atoms with E-state index in [4.69, 9.17) is 4.74 Å². The van der Waals surface area contributed by atoms with Crippen LogP contribution in [0.4, 0.5) is 10.1 Å². The average molecular weight is 526 g/mol. The van der Waals surface area contributed by atoms with E-state index in [1.165, 1.54) is 34.1 Å². The highest BCUT2D eigenvalue weighted by atomic mass is 32.2. The summed E-state index contributed by atoms with van der Waals surface area (Å²) in [6.07, 6.45) is 1.10. The van der Waals surface area contributed by atoms with E-state index >= 15 is 0 Å². The number of hydrogen-bond donors (Lipinski definition) is 0. The normalized spacial score (nSPS) is 14.4. The van der Waals surface area contributed by atoms with Gasteiger partial charge in [0.2, 0.25) is 10.0 Å². The molecule has 0 atom stereocenters. The molecule has 0 saturated carbocycles. The smallest absolute Gasteiger partial charge is 0.253 e. The molecule has 0 N–H and O–H groups in total. The van der Waals surface area contributed by atoms with Crippen molar-refractivity contribution in [1.29, 1.82) is 0 Å². The van der Waals surface area contributed by atoms with Gasteiger partial charge in [-0.3, -0.25) is 14.0 Å². The fourth-order valence-electron chi connectivity index (χ4n) is 4.43. The lowest BCUT2D eigenvalue weighted by Gasteiger charge is -2.35. The minimum Gasteiger partial charge on any atom is -0.494 e. The Kier molecular flexibility index (Phi) is 8.45. The second-order valence-corrected chi connectivity index (χ2v) is 11.0. The fraction of sp³-hybridized carbons (Fsp3) is 0.321. The SMILES string of the molecule is CCOc1ccc(C(=O)N2CCN(Cc3ccccc3)CC2)cc1CN(c1ccc(F)cc1)S(C)(=O)=O. The minimum absolute atomic E-state index is 0.0498. The van der Waals surface area contributed by atoms with Crippen molar-refractivity contribution in [1.82, 2.24) is 9.80 Å². The minimum atomic E-state index is -3.69. The summed E-state index contributed by atoms with van der Waals surface area (Å²) in [6, 6.07) is 20.7. The zero-order chi connectivity index (χ0) is 26.4. The Morgan fingerprint density at radius 2 is 1.65 bits per heavy atom. The molecule has 7 nitrogen and oxygen atoms in total. The van der Waals surface area contributed by atoms with Crippen molar-refractivity contribution < 1.29 is 22.3 Å². The molecule has 1 fully saturated rings. The highest BCUT2D eigenvalue weighted by Crippen LogP contribution is 2.27. The van der Waals surface area contributed by atoms with Crippen LogP contribution in [0.2, 0.25) is 0 Å². The third-order valence-electron chi connectivity index (χ3n) is 6.34. The van der Waals surface area contributed by atoms with Gasteiger partial charge in [0.15, 0.2) is 0 Å². The van der Waals surface area contributed by atoms with Crippen molar-refractivity contribution in [3.63, 3.8) is 0 Å². The van der Waals surface area contributed by atoms with Crippen molar-refractivity contribution in [2.45, 2.75) is 20.0 Å². The zero-order valence-electron chi connectivity index (χ0n) is 21.1. The highest BCUT2D eigenvalue weighted by Gasteiger charge is 2.25. The van der Waals surface area contributed by atoms with Crippen LogP contribution in [0, 0.1) is 5.82 Å². The van der Waals surface area contributed by atoms with Crippen LogP contribution < -0.4 is 9.04 Å². The number of nitrogens with zero attached hydrogens (tertiary/aromatic N) is 3. The number of benzene rings is 3. The van der Waals surface area contributed by atoms with Gasteiger partial charge >= 0.3 is 0 Å². The van der Waals surface area contributed by atoms with Crippen molar-refractivity contribution in [3.8, 4) is 5.75 Å². The van der Waals surface area contributed by atoms with Crippen molar-refractivity contribution in [2.75, 3.05) is 43.3 Å². The maximum Gasteiger partial charge on any atom is 0.253 e. The van der Waals surface area contributed by atoms with Gasteiger partial charge in [-0.05, 0) is 55.0 Å². The molecule has 37 heavy (non-hydrogen) atoms. The second kappa shape index (κ2) is 11.7. The third-order valence-corrected chi connectivity index (χ3v) is 7.49. The molecule has 1 aliphatic heterocycles. The van der Waals surface area contributed by atoms with Crippen LogP contribution in [0.5, 0.6) is 5.75 Å². The summed E-state index contributed by atoms with van der Waals surface area (Å²) in [4.78, 5) is 17.5. The predicted octanol–water partition coefficient (Wildman–Crippen LogP) is 4.15. The van der Waals surface area contributed by atoms with Crippen LogP contribution in [0.15, 0.2) is 72.8 Å². The Hall–Kier alpha value is -3.43. The summed E-state index contributed by atoms with van der Waals surface area (Å²) in [5, 5.41) is 0. The van der Waals surface area contributed by atoms with E-state index < -0.39 is 15.8 Å². The number of sulfonamides is 1. The van der Waals surface area contributed by atoms with E-state index in [9.17, 15) is 17.6 Å². The molecule has 0 radical (unpaired) electrons. The zero-order valence-corrected chi connectivity index (χ0v) is 22.0. The molecule has 1 saturated heterocycles. The van der Waals surface area contributed by atoms with Gasteiger partial charge in [0.1, 0.15) is 11.6 Å².